The molecule has 4 nitrogen and oxygen atoms in total. The summed E-state index contributed by atoms with van der Waals surface area (Å²) >= 11 is 0. The van der Waals surface area contributed by atoms with E-state index in [1.165, 1.54) is 55.0 Å². The molecule has 0 aliphatic carbocycles. The molecule has 0 bridgehead atoms. The number of anilines is 2. The molecule has 32 heavy (non-hydrogen) atoms. The zero-order chi connectivity index (χ0) is 23.1. The van der Waals surface area contributed by atoms with Crippen LogP contribution in [0.15, 0.2) is 36.4 Å². The highest BCUT2D eigenvalue weighted by Crippen LogP contribution is 2.31. The fourth-order valence-corrected chi connectivity index (χ4v) is 4.46. The van der Waals surface area contributed by atoms with E-state index in [4.69, 9.17) is 10.7 Å². The van der Waals surface area contributed by atoms with Crippen LogP contribution in [0.25, 0.3) is 22.0 Å². The van der Waals surface area contributed by atoms with Crippen LogP contribution in [-0.2, 0) is 6.54 Å². The molecule has 0 saturated carbocycles. The first-order chi connectivity index (χ1) is 15.5. The Morgan fingerprint density at radius 1 is 0.906 bits per heavy atom. The van der Waals surface area contributed by atoms with Crippen molar-refractivity contribution in [1.29, 1.82) is 0 Å². The lowest BCUT2D eigenvalue weighted by Gasteiger charge is -2.22. The third kappa shape index (κ3) is 5.80. The second kappa shape index (κ2) is 11.3. The Hall–Kier alpha value is -2.59. The average molecular weight is 433 g/mol. The lowest BCUT2D eigenvalue weighted by molar-refractivity contribution is 0.259. The van der Waals surface area contributed by atoms with Gasteiger partial charge in [0.1, 0.15) is 5.82 Å². The van der Waals surface area contributed by atoms with E-state index in [1.54, 1.807) is 0 Å². The van der Waals surface area contributed by atoms with Crippen LogP contribution >= 0.6 is 0 Å². The molecule has 3 rings (SSSR count). The van der Waals surface area contributed by atoms with Crippen LogP contribution in [0.1, 0.15) is 62.6 Å². The number of aryl methyl sites for hydroxylation is 2. The van der Waals surface area contributed by atoms with Crippen molar-refractivity contribution in [3.05, 3.63) is 53.1 Å². The normalized spacial score (nSPS) is 11.4. The minimum Gasteiger partial charge on any atom is -0.398 e. The van der Waals surface area contributed by atoms with E-state index < -0.39 is 0 Å². The smallest absolute Gasteiger partial charge is 0.134 e. The number of hydrogen-bond donors (Lipinski definition) is 2. The number of aromatic nitrogens is 1. The van der Waals surface area contributed by atoms with Crippen molar-refractivity contribution < 1.29 is 0 Å². The number of hydrogen-bond acceptors (Lipinski definition) is 4. The number of nitrogens with one attached hydrogen (secondary N) is 1. The van der Waals surface area contributed by atoms with Crippen molar-refractivity contribution >= 4 is 22.3 Å². The molecule has 3 aromatic rings. The summed E-state index contributed by atoms with van der Waals surface area (Å²) in [5.41, 5.74) is 12.7. The largest absolute Gasteiger partial charge is 0.398 e. The van der Waals surface area contributed by atoms with Crippen LogP contribution in [0.4, 0.5) is 11.5 Å². The molecule has 0 aliphatic heterocycles. The van der Waals surface area contributed by atoms with Gasteiger partial charge < -0.3 is 11.1 Å². The van der Waals surface area contributed by atoms with E-state index in [0.29, 0.717) is 0 Å². The van der Waals surface area contributed by atoms with E-state index in [0.717, 1.165) is 47.0 Å². The number of nitrogens with two attached hydrogens (primary N) is 1. The van der Waals surface area contributed by atoms with Crippen molar-refractivity contribution in [2.24, 2.45) is 0 Å². The number of pyridine rings is 1. The van der Waals surface area contributed by atoms with Crippen LogP contribution < -0.4 is 11.1 Å². The number of rotatable bonds is 11. The van der Waals surface area contributed by atoms with Crippen LogP contribution in [0.3, 0.4) is 0 Å². The van der Waals surface area contributed by atoms with Gasteiger partial charge >= 0.3 is 0 Å². The van der Waals surface area contributed by atoms with Gasteiger partial charge in [-0.1, -0.05) is 45.2 Å². The van der Waals surface area contributed by atoms with Gasteiger partial charge in [-0.05, 0) is 86.1 Å². The van der Waals surface area contributed by atoms with Crippen molar-refractivity contribution in [2.45, 2.75) is 66.3 Å². The zero-order valence-corrected chi connectivity index (χ0v) is 20.6. The second-order valence-electron chi connectivity index (χ2n) is 9.02. The predicted molar refractivity (Wildman–Crippen MR) is 140 cm³/mol. The Balaban J connectivity index is 1.89. The molecule has 0 fully saturated rings. The first-order valence-corrected chi connectivity index (χ1v) is 12.2. The van der Waals surface area contributed by atoms with Crippen molar-refractivity contribution in [1.82, 2.24) is 9.88 Å². The monoisotopic (exact) mass is 432 g/mol. The van der Waals surface area contributed by atoms with E-state index in [2.05, 4.69) is 74.3 Å². The maximum Gasteiger partial charge on any atom is 0.134 e. The van der Waals surface area contributed by atoms with Gasteiger partial charge in [0.05, 0.1) is 5.69 Å². The van der Waals surface area contributed by atoms with Gasteiger partial charge in [-0.2, -0.15) is 0 Å². The van der Waals surface area contributed by atoms with Crippen LogP contribution in [0.2, 0.25) is 0 Å². The molecule has 0 saturated heterocycles. The quantitative estimate of drug-likeness (QED) is 0.255. The number of unbranched alkanes of at least 4 members (excludes halogenated alkanes) is 3. The fraction of sp³-hybridized carbons (Fsp3) is 0.464. The summed E-state index contributed by atoms with van der Waals surface area (Å²) in [5.74, 6) is 0.927. The molecular formula is C28H40N4. The first-order valence-electron chi connectivity index (χ1n) is 12.2. The summed E-state index contributed by atoms with van der Waals surface area (Å²) in [7, 11) is 1.95. The Bertz CT molecular complexity index is 1020. The lowest BCUT2D eigenvalue weighted by Crippen LogP contribution is -2.25. The Labute approximate surface area is 194 Å². The van der Waals surface area contributed by atoms with Gasteiger partial charge in [0.25, 0.3) is 0 Å². The van der Waals surface area contributed by atoms with E-state index in [-0.39, 0.29) is 0 Å². The second-order valence-corrected chi connectivity index (χ2v) is 9.02. The third-order valence-electron chi connectivity index (χ3n) is 6.30. The number of benzene rings is 2. The highest BCUT2D eigenvalue weighted by Gasteiger charge is 2.12. The Morgan fingerprint density at radius 2 is 1.66 bits per heavy atom. The van der Waals surface area contributed by atoms with Gasteiger partial charge in [0.2, 0.25) is 0 Å². The van der Waals surface area contributed by atoms with Crippen molar-refractivity contribution in [2.75, 3.05) is 31.2 Å². The van der Waals surface area contributed by atoms with Gasteiger partial charge in [0, 0.05) is 30.2 Å². The minimum atomic E-state index is 0.861. The van der Waals surface area contributed by atoms with Crippen LogP contribution in [0, 0.1) is 13.8 Å². The summed E-state index contributed by atoms with van der Waals surface area (Å²) in [6, 6.07) is 13.3. The van der Waals surface area contributed by atoms with E-state index >= 15 is 0 Å². The number of nitrogen functional groups attached to an aromatic ring is 1. The summed E-state index contributed by atoms with van der Waals surface area (Å²) in [6.07, 6.45) is 6.43. The van der Waals surface area contributed by atoms with Gasteiger partial charge in [0.15, 0.2) is 0 Å². The fourth-order valence-electron chi connectivity index (χ4n) is 4.46. The summed E-state index contributed by atoms with van der Waals surface area (Å²) in [5, 5.41) is 5.71. The van der Waals surface area contributed by atoms with E-state index in [1.807, 2.05) is 7.05 Å². The maximum atomic E-state index is 6.16. The van der Waals surface area contributed by atoms with Crippen LogP contribution in [-0.4, -0.2) is 30.0 Å². The van der Waals surface area contributed by atoms with Gasteiger partial charge in [-0.3, -0.25) is 4.90 Å². The molecule has 0 atom stereocenters. The molecule has 0 radical (unpaired) electrons. The molecule has 4 heteroatoms. The topological polar surface area (TPSA) is 54.2 Å². The Morgan fingerprint density at radius 3 is 2.31 bits per heavy atom. The minimum absolute atomic E-state index is 0.861. The molecule has 2 aromatic carbocycles. The molecule has 0 spiro atoms. The standard InChI is InChI=1S/C28H40N4/c1-6-8-9-10-14-32(13-7-2)19-22-11-12-23-18-26(31-28(30-5)25(23)17-22)24-15-20(3)27(29)21(4)16-24/h11-12,15-18H,6-10,13-14,19,29H2,1-5H3,(H,30,31). The summed E-state index contributed by atoms with van der Waals surface area (Å²) in [6.45, 7) is 12.0. The molecule has 172 valence electrons. The van der Waals surface area contributed by atoms with Crippen LogP contribution in [0.5, 0.6) is 0 Å². The highest BCUT2D eigenvalue weighted by molar-refractivity contribution is 5.95. The number of fused-ring (bicyclic) bond motifs is 1. The molecule has 3 N–H and O–H groups in total. The molecule has 0 aliphatic rings. The molecule has 1 aromatic heterocycles. The summed E-state index contributed by atoms with van der Waals surface area (Å²) in [4.78, 5) is 7.56. The zero-order valence-electron chi connectivity index (χ0n) is 20.6. The molecule has 1 heterocycles. The van der Waals surface area contributed by atoms with E-state index in [9.17, 15) is 0 Å². The highest BCUT2D eigenvalue weighted by atomic mass is 15.1. The molecular weight excluding hydrogens is 392 g/mol. The van der Waals surface area contributed by atoms with Crippen molar-refractivity contribution in [3.63, 3.8) is 0 Å². The molecule has 0 amide bonds. The van der Waals surface area contributed by atoms with Crippen molar-refractivity contribution in [3.8, 4) is 11.3 Å². The predicted octanol–water partition coefficient (Wildman–Crippen LogP) is 6.93. The average Bonchev–Trinajstić information content (AvgIpc) is 2.79. The van der Waals surface area contributed by atoms with Gasteiger partial charge in [-0.15, -0.1) is 0 Å². The third-order valence-corrected chi connectivity index (χ3v) is 6.30. The van der Waals surface area contributed by atoms with Gasteiger partial charge in [-0.25, -0.2) is 4.98 Å². The SMILES string of the molecule is CCCCCCN(CCC)Cc1ccc2cc(-c3cc(C)c(N)c(C)c3)nc(NC)c2c1. The first kappa shape index (κ1) is 24.1. The number of nitrogens with zero attached hydrogens (tertiary/aromatic N) is 2. The Kier molecular flexibility index (Phi) is 8.52. The maximum absolute atomic E-state index is 6.16. The lowest BCUT2D eigenvalue weighted by atomic mass is 10.00. The summed E-state index contributed by atoms with van der Waals surface area (Å²) < 4.78 is 0. The molecule has 0 unspecified atom stereocenters.